The Morgan fingerprint density at radius 2 is 1.29 bits per heavy atom. The molecule has 0 spiro atoms. The second-order valence-electron chi connectivity index (χ2n) is 16.5. The van der Waals surface area contributed by atoms with Crippen LogP contribution in [0.2, 0.25) is 0 Å². The first-order valence-corrected chi connectivity index (χ1v) is 20.1. The molecule has 4 nitrogen and oxygen atoms in total. The number of rotatable bonds is 9. The van der Waals surface area contributed by atoms with Gasteiger partial charge in [0.2, 0.25) is 17.1 Å². The number of nitrogens with zero attached hydrogens (tertiary/aromatic N) is 4. The number of hydrogen-bond donors (Lipinski definition) is 0. The van der Waals surface area contributed by atoms with Crippen LogP contribution >= 0.6 is 0 Å². The lowest BCUT2D eigenvalue weighted by molar-refractivity contribution is -0.746. The van der Waals surface area contributed by atoms with Crippen LogP contribution in [0, 0.1) is 33.6 Å². The van der Waals surface area contributed by atoms with E-state index >= 15 is 0 Å². The van der Waals surface area contributed by atoms with Crippen LogP contribution in [0.1, 0.15) is 54.4 Å². The number of hydrogen-bond acceptors (Lipinski definition) is 0. The molecule has 4 heteroatoms. The normalized spacial score (nSPS) is 12.8. The van der Waals surface area contributed by atoms with E-state index in [1.54, 1.807) is 0 Å². The molecule has 0 amide bonds. The van der Waals surface area contributed by atoms with Crippen LogP contribution in [-0.4, -0.2) is 4.57 Å². The first-order valence-electron chi connectivity index (χ1n) is 20.1. The van der Waals surface area contributed by atoms with Crippen molar-refractivity contribution < 1.29 is 13.7 Å². The molecule has 4 aromatic carbocycles. The zero-order chi connectivity index (χ0) is 39.3. The molecule has 0 fully saturated rings. The van der Waals surface area contributed by atoms with Crippen molar-refractivity contribution in [2.75, 3.05) is 0 Å². The zero-order valence-electron chi connectivity index (χ0n) is 34.6. The smallest absolute Gasteiger partial charge is 0.214 e. The summed E-state index contributed by atoms with van der Waals surface area (Å²) in [7, 11) is 4.40. The molecule has 4 aromatic heterocycles. The molecule has 0 radical (unpaired) electrons. The van der Waals surface area contributed by atoms with E-state index in [0.717, 1.165) is 13.0 Å². The summed E-state index contributed by atoms with van der Waals surface area (Å²) < 4.78 is 9.93. The van der Waals surface area contributed by atoms with E-state index in [-0.39, 0.29) is 0 Å². The average molecular weight is 736 g/mol. The first-order chi connectivity index (χ1) is 27.0. The van der Waals surface area contributed by atoms with Crippen LogP contribution in [0.4, 0.5) is 0 Å². The SMILES string of the molecule is Cc1ccc(-c2c(C(C)(Cc3ccccc3-c3cccc(C)[n+]3C)[n+]3c(C)cccc3-c3ccccc3C)ccc3c4ccccc4n(CC(C)C)c23)[n+](C)c1. The van der Waals surface area contributed by atoms with E-state index < -0.39 is 5.54 Å². The summed E-state index contributed by atoms with van der Waals surface area (Å²) in [5, 5.41) is 2.60. The van der Waals surface area contributed by atoms with Gasteiger partial charge >= 0.3 is 0 Å². The minimum absolute atomic E-state index is 0.462. The molecule has 8 aromatic rings. The fraction of sp³-hybridized carbons (Fsp3) is 0.250. The first kappa shape index (κ1) is 37.1. The fourth-order valence-electron chi connectivity index (χ4n) is 9.31. The summed E-state index contributed by atoms with van der Waals surface area (Å²) >= 11 is 0. The maximum atomic E-state index is 2.65. The van der Waals surface area contributed by atoms with Gasteiger partial charge in [0.05, 0.1) is 11.1 Å². The van der Waals surface area contributed by atoms with Gasteiger partial charge in [-0.25, -0.2) is 4.57 Å². The number of pyridine rings is 3. The maximum absolute atomic E-state index is 2.65. The maximum Gasteiger partial charge on any atom is 0.214 e. The molecule has 56 heavy (non-hydrogen) atoms. The van der Waals surface area contributed by atoms with Gasteiger partial charge in [-0.1, -0.05) is 80.6 Å². The molecular weight excluding hydrogens is 681 g/mol. The molecule has 0 bridgehead atoms. The Bertz CT molecular complexity index is 2770. The standard InChI is InChI=1S/C52H55N4/c1-35(2)33-55-47-25-15-14-24-43(47)44-29-30-45(50(51(44)55)49-31-28-36(3)34-53(49)8)52(7,56-39(6)20-17-27-48(56)41-22-12-10-18-37(41)4)32-40-21-11-13-23-42(40)46-26-16-19-38(5)54(46)9/h10-31,34-35H,32-33H2,1-9H3/q+3. The van der Waals surface area contributed by atoms with E-state index in [1.165, 1.54) is 89.2 Å². The molecule has 0 aliphatic heterocycles. The number of benzene rings is 4. The van der Waals surface area contributed by atoms with E-state index in [0.29, 0.717) is 5.92 Å². The molecule has 1 atom stereocenters. The fourth-order valence-corrected chi connectivity index (χ4v) is 9.31. The van der Waals surface area contributed by atoms with Crippen molar-refractivity contribution in [2.24, 2.45) is 20.0 Å². The van der Waals surface area contributed by atoms with Crippen molar-refractivity contribution in [1.29, 1.82) is 0 Å². The van der Waals surface area contributed by atoms with Gasteiger partial charge in [0, 0.05) is 103 Å². The predicted octanol–water partition coefficient (Wildman–Crippen LogP) is 10.6. The van der Waals surface area contributed by atoms with E-state index in [9.17, 15) is 0 Å². The summed E-state index contributed by atoms with van der Waals surface area (Å²) in [4.78, 5) is 0. The summed E-state index contributed by atoms with van der Waals surface area (Å²) in [6.07, 6.45) is 3.04. The summed E-state index contributed by atoms with van der Waals surface area (Å²) in [5.41, 5.74) is 17.0. The Morgan fingerprint density at radius 1 is 0.607 bits per heavy atom. The van der Waals surface area contributed by atoms with Gasteiger partial charge in [-0.15, -0.1) is 0 Å². The van der Waals surface area contributed by atoms with Crippen LogP contribution in [0.3, 0.4) is 0 Å². The van der Waals surface area contributed by atoms with Crippen LogP contribution in [0.5, 0.6) is 0 Å². The van der Waals surface area contributed by atoms with Crippen molar-refractivity contribution in [2.45, 2.75) is 67.0 Å². The predicted molar refractivity (Wildman–Crippen MR) is 231 cm³/mol. The van der Waals surface area contributed by atoms with Crippen molar-refractivity contribution in [3.63, 3.8) is 0 Å². The van der Waals surface area contributed by atoms with Crippen LogP contribution in [0.15, 0.2) is 140 Å². The van der Waals surface area contributed by atoms with Crippen LogP contribution in [-0.2, 0) is 32.6 Å². The summed E-state index contributed by atoms with van der Waals surface area (Å²) in [6, 6.07) is 49.8. The second kappa shape index (κ2) is 14.7. The Kier molecular flexibility index (Phi) is 9.70. The minimum Gasteiger partial charge on any atom is -0.340 e. The van der Waals surface area contributed by atoms with Crippen molar-refractivity contribution >= 4 is 21.8 Å². The molecular formula is C52H55N4+3. The van der Waals surface area contributed by atoms with Gasteiger partial charge in [0.25, 0.3) is 0 Å². The van der Waals surface area contributed by atoms with Gasteiger partial charge in [0.15, 0.2) is 23.1 Å². The van der Waals surface area contributed by atoms with Crippen LogP contribution < -0.4 is 13.7 Å². The molecule has 0 N–H and O–H groups in total. The Hall–Kier alpha value is -5.87. The monoisotopic (exact) mass is 735 g/mol. The van der Waals surface area contributed by atoms with E-state index in [2.05, 4.69) is 220 Å². The highest BCUT2D eigenvalue weighted by Gasteiger charge is 2.45. The molecule has 8 rings (SSSR count). The minimum atomic E-state index is -0.554. The highest BCUT2D eigenvalue weighted by molar-refractivity contribution is 6.13. The van der Waals surface area contributed by atoms with Gasteiger partial charge in [-0.05, 0) is 67.3 Å². The van der Waals surface area contributed by atoms with Crippen molar-refractivity contribution in [1.82, 2.24) is 4.57 Å². The number of fused-ring (bicyclic) bond motifs is 3. The quantitative estimate of drug-likeness (QED) is 0.131. The van der Waals surface area contributed by atoms with Gasteiger partial charge in [-0.3, -0.25) is 0 Å². The number of aromatic nitrogens is 4. The van der Waals surface area contributed by atoms with Gasteiger partial charge in [0.1, 0.15) is 14.1 Å². The third-order valence-corrected chi connectivity index (χ3v) is 12.0. The Labute approximate surface area is 333 Å². The lowest BCUT2D eigenvalue weighted by Crippen LogP contribution is -2.60. The zero-order valence-corrected chi connectivity index (χ0v) is 34.6. The Morgan fingerprint density at radius 3 is 2.04 bits per heavy atom. The molecule has 0 aliphatic rings. The highest BCUT2D eigenvalue weighted by Crippen LogP contribution is 2.43. The van der Waals surface area contributed by atoms with Crippen LogP contribution in [0.25, 0.3) is 55.6 Å². The second-order valence-corrected chi connectivity index (χ2v) is 16.5. The molecule has 0 aliphatic carbocycles. The molecule has 4 heterocycles. The third kappa shape index (κ3) is 6.31. The number of para-hydroxylation sites is 1. The van der Waals surface area contributed by atoms with E-state index in [1.807, 2.05) is 0 Å². The van der Waals surface area contributed by atoms with Crippen molar-refractivity contribution in [3.8, 4) is 33.8 Å². The largest absolute Gasteiger partial charge is 0.340 e. The topological polar surface area (TPSA) is 16.6 Å². The average Bonchev–Trinajstić information content (AvgIpc) is 3.49. The summed E-state index contributed by atoms with van der Waals surface area (Å²) in [6.45, 7) is 17.0. The summed E-state index contributed by atoms with van der Waals surface area (Å²) in [5.74, 6) is 0.462. The van der Waals surface area contributed by atoms with Crippen molar-refractivity contribution in [3.05, 3.63) is 173 Å². The number of aryl methyl sites for hydroxylation is 5. The Balaban J connectivity index is 1.55. The molecule has 0 saturated heterocycles. The van der Waals surface area contributed by atoms with Gasteiger partial charge < -0.3 is 4.57 Å². The lowest BCUT2D eigenvalue weighted by atomic mass is 9.78. The highest BCUT2D eigenvalue weighted by atomic mass is 15.1. The van der Waals surface area contributed by atoms with Gasteiger partial charge in [-0.2, -0.15) is 9.13 Å². The molecule has 1 unspecified atom stereocenters. The molecule has 280 valence electrons. The molecule has 0 saturated carbocycles. The third-order valence-electron chi connectivity index (χ3n) is 12.0. The van der Waals surface area contributed by atoms with E-state index in [4.69, 9.17) is 0 Å². The lowest BCUT2D eigenvalue weighted by Gasteiger charge is -2.31.